The smallest absolute Gasteiger partial charge is 0.299 e. The molecule has 0 saturated carbocycles. The highest BCUT2D eigenvalue weighted by atomic mass is 16.6. The molecule has 1 aliphatic rings. The lowest BCUT2D eigenvalue weighted by atomic mass is 9.97. The van der Waals surface area contributed by atoms with E-state index < -0.39 is 9.85 Å². The summed E-state index contributed by atoms with van der Waals surface area (Å²) in [5, 5.41) is 22.1. The van der Waals surface area contributed by atoms with Crippen LogP contribution in [0.15, 0.2) is 48.5 Å². The average Bonchev–Trinajstić information content (AvgIpc) is 2.67. The summed E-state index contributed by atoms with van der Waals surface area (Å²) >= 11 is 0. The molecule has 8 nitrogen and oxygen atoms in total. The van der Waals surface area contributed by atoms with E-state index in [9.17, 15) is 20.2 Å². The van der Waals surface area contributed by atoms with Crippen LogP contribution in [-0.2, 0) is 0 Å². The van der Waals surface area contributed by atoms with Crippen molar-refractivity contribution in [1.29, 1.82) is 0 Å². The first kappa shape index (κ1) is 17.7. The highest BCUT2D eigenvalue weighted by molar-refractivity contribution is 5.67. The molecule has 0 aromatic heterocycles. The predicted octanol–water partition coefficient (Wildman–Crippen LogP) is 3.80. The lowest BCUT2D eigenvalue weighted by molar-refractivity contribution is -0.393. The number of nitro benzene ring substituents is 2. The molecule has 0 atom stereocenters. The Hall–Kier alpha value is -3.16. The van der Waals surface area contributed by atoms with Gasteiger partial charge >= 0.3 is 0 Å². The molecule has 0 bridgehead atoms. The summed E-state index contributed by atoms with van der Waals surface area (Å²) < 4.78 is 5.79. The molecule has 0 N–H and O–H groups in total. The Morgan fingerprint density at radius 3 is 2.31 bits per heavy atom. The van der Waals surface area contributed by atoms with Crippen LogP contribution in [0.3, 0.4) is 0 Å². The van der Waals surface area contributed by atoms with E-state index in [1.807, 2.05) is 35.2 Å². The summed E-state index contributed by atoms with van der Waals surface area (Å²) in [6, 6.07) is 13.4. The fourth-order valence-electron chi connectivity index (χ4n) is 3.11. The van der Waals surface area contributed by atoms with Gasteiger partial charge in [-0.25, -0.2) is 0 Å². The van der Waals surface area contributed by atoms with Gasteiger partial charge in [-0.15, -0.1) is 0 Å². The van der Waals surface area contributed by atoms with E-state index in [-0.39, 0.29) is 11.4 Å². The normalized spacial score (nSPS) is 14.8. The van der Waals surface area contributed by atoms with Crippen molar-refractivity contribution in [2.45, 2.75) is 12.8 Å². The Kier molecular flexibility index (Phi) is 5.31. The maximum atomic E-state index is 11.3. The number of anilines is 1. The van der Waals surface area contributed by atoms with Crippen molar-refractivity contribution in [1.82, 2.24) is 0 Å². The van der Waals surface area contributed by atoms with E-state index in [0.717, 1.165) is 24.7 Å². The molecule has 3 rings (SSSR count). The molecule has 1 heterocycles. The van der Waals surface area contributed by atoms with E-state index in [1.165, 1.54) is 12.1 Å². The van der Waals surface area contributed by atoms with Crippen LogP contribution in [0.1, 0.15) is 12.8 Å². The van der Waals surface area contributed by atoms with Crippen molar-refractivity contribution in [3.8, 4) is 5.75 Å². The molecule has 0 spiro atoms. The lowest BCUT2D eigenvalue weighted by Gasteiger charge is -2.33. The maximum Gasteiger partial charge on any atom is 0.299 e. The number of non-ortho nitro benzene ring substituents is 1. The number of hydrogen-bond donors (Lipinski definition) is 0. The first-order valence-electron chi connectivity index (χ1n) is 8.40. The Morgan fingerprint density at radius 1 is 1.00 bits per heavy atom. The van der Waals surface area contributed by atoms with Crippen LogP contribution in [0.5, 0.6) is 5.75 Å². The fourth-order valence-corrected chi connectivity index (χ4v) is 3.11. The zero-order valence-corrected chi connectivity index (χ0v) is 14.1. The Balaban J connectivity index is 1.62. The van der Waals surface area contributed by atoms with E-state index in [1.54, 1.807) is 0 Å². The van der Waals surface area contributed by atoms with Crippen LogP contribution in [0.25, 0.3) is 0 Å². The number of ether oxygens (including phenoxy) is 1. The van der Waals surface area contributed by atoms with Crippen molar-refractivity contribution in [3.63, 3.8) is 0 Å². The van der Waals surface area contributed by atoms with E-state index in [2.05, 4.69) is 0 Å². The zero-order chi connectivity index (χ0) is 18.5. The monoisotopic (exact) mass is 357 g/mol. The van der Waals surface area contributed by atoms with Crippen LogP contribution in [-0.4, -0.2) is 29.5 Å². The standard InChI is InChI=1S/C18H19N3O5/c22-20(23)15-6-7-17(18(12-15)21(24)25)19-10-8-14(9-11-19)13-26-16-4-2-1-3-5-16/h1-7,12,14H,8-11,13H2. The van der Waals surface area contributed by atoms with E-state index >= 15 is 0 Å². The second-order valence-corrected chi connectivity index (χ2v) is 6.24. The second-order valence-electron chi connectivity index (χ2n) is 6.24. The van der Waals surface area contributed by atoms with Crippen molar-refractivity contribution >= 4 is 17.1 Å². The van der Waals surface area contributed by atoms with Crippen molar-refractivity contribution in [2.75, 3.05) is 24.6 Å². The molecule has 0 radical (unpaired) electrons. The maximum absolute atomic E-state index is 11.3. The second kappa shape index (κ2) is 7.81. The third kappa shape index (κ3) is 4.08. The summed E-state index contributed by atoms with van der Waals surface area (Å²) in [7, 11) is 0. The average molecular weight is 357 g/mol. The number of hydrogen-bond acceptors (Lipinski definition) is 6. The van der Waals surface area contributed by atoms with Crippen molar-refractivity contribution in [3.05, 3.63) is 68.8 Å². The van der Waals surface area contributed by atoms with Gasteiger partial charge in [-0.3, -0.25) is 20.2 Å². The van der Waals surface area contributed by atoms with Crippen LogP contribution in [0.2, 0.25) is 0 Å². The number of benzene rings is 2. The van der Waals surface area contributed by atoms with E-state index in [4.69, 9.17) is 4.74 Å². The van der Waals surface area contributed by atoms with Crippen LogP contribution < -0.4 is 9.64 Å². The minimum atomic E-state index is -0.621. The topological polar surface area (TPSA) is 98.8 Å². The van der Waals surface area contributed by atoms with Gasteiger partial charge in [0.05, 0.1) is 22.5 Å². The zero-order valence-electron chi connectivity index (χ0n) is 14.1. The lowest BCUT2D eigenvalue weighted by Crippen LogP contribution is -2.35. The highest BCUT2D eigenvalue weighted by Crippen LogP contribution is 2.34. The SMILES string of the molecule is O=[N+]([O-])c1ccc(N2CCC(COc3ccccc3)CC2)c([N+](=O)[O-])c1. The molecule has 26 heavy (non-hydrogen) atoms. The first-order chi connectivity index (χ1) is 12.5. The molecule has 1 aliphatic heterocycles. The molecule has 1 saturated heterocycles. The Morgan fingerprint density at radius 2 is 1.69 bits per heavy atom. The summed E-state index contributed by atoms with van der Waals surface area (Å²) in [6.45, 7) is 1.92. The quantitative estimate of drug-likeness (QED) is 0.576. The summed E-state index contributed by atoms with van der Waals surface area (Å²) in [5.41, 5.74) is -0.0622. The van der Waals surface area contributed by atoms with Crippen molar-refractivity contribution < 1.29 is 14.6 Å². The molecule has 1 fully saturated rings. The largest absolute Gasteiger partial charge is 0.493 e. The molecule has 136 valence electrons. The van der Waals surface area contributed by atoms with Gasteiger partial charge < -0.3 is 9.64 Å². The molecule has 2 aromatic carbocycles. The number of nitrogens with zero attached hydrogens (tertiary/aromatic N) is 3. The van der Waals surface area contributed by atoms with Crippen LogP contribution in [0, 0.1) is 26.1 Å². The van der Waals surface area contributed by atoms with Gasteiger partial charge in [0.15, 0.2) is 0 Å². The number of nitro groups is 2. The molecule has 0 amide bonds. The van der Waals surface area contributed by atoms with Gasteiger partial charge in [0.2, 0.25) is 0 Å². The molecular weight excluding hydrogens is 338 g/mol. The van der Waals surface area contributed by atoms with Gasteiger partial charge in [-0.1, -0.05) is 18.2 Å². The first-order valence-corrected chi connectivity index (χ1v) is 8.40. The Bertz CT molecular complexity index is 789. The Labute approximate surface area is 150 Å². The summed E-state index contributed by atoms with van der Waals surface area (Å²) in [4.78, 5) is 22.9. The predicted molar refractivity (Wildman–Crippen MR) is 96.6 cm³/mol. The van der Waals surface area contributed by atoms with Crippen molar-refractivity contribution in [2.24, 2.45) is 5.92 Å². The molecule has 0 unspecified atom stereocenters. The van der Waals surface area contributed by atoms with Gasteiger partial charge in [0.25, 0.3) is 11.4 Å². The number of para-hydroxylation sites is 1. The van der Waals surface area contributed by atoms with Gasteiger partial charge in [-0.05, 0) is 37.0 Å². The molecule has 0 aliphatic carbocycles. The van der Waals surface area contributed by atoms with Gasteiger partial charge in [0.1, 0.15) is 11.4 Å². The fraction of sp³-hybridized carbons (Fsp3) is 0.333. The minimum Gasteiger partial charge on any atom is -0.493 e. The number of rotatable bonds is 6. The third-order valence-corrected chi connectivity index (χ3v) is 4.55. The summed E-state index contributed by atoms with van der Waals surface area (Å²) in [5.74, 6) is 1.21. The molecule has 2 aromatic rings. The third-order valence-electron chi connectivity index (χ3n) is 4.55. The van der Waals surface area contributed by atoms with E-state index in [0.29, 0.717) is 31.3 Å². The van der Waals surface area contributed by atoms with Crippen LogP contribution in [0.4, 0.5) is 17.1 Å². The van der Waals surface area contributed by atoms with Crippen LogP contribution >= 0.6 is 0 Å². The molecular formula is C18H19N3O5. The van der Waals surface area contributed by atoms with Gasteiger partial charge in [-0.2, -0.15) is 0 Å². The summed E-state index contributed by atoms with van der Waals surface area (Å²) in [6.07, 6.45) is 1.70. The molecule has 8 heteroatoms. The number of piperidine rings is 1. The highest BCUT2D eigenvalue weighted by Gasteiger charge is 2.27. The minimum absolute atomic E-state index is 0.224. The van der Waals surface area contributed by atoms with Gasteiger partial charge in [0, 0.05) is 19.2 Å².